The average molecular weight is 306 g/mol. The van der Waals surface area contributed by atoms with Gasteiger partial charge in [0.05, 0.1) is 5.52 Å². The van der Waals surface area contributed by atoms with Crippen LogP contribution in [0, 0.1) is 0 Å². The van der Waals surface area contributed by atoms with Crippen LogP contribution < -0.4 is 5.73 Å². The number of H-pyrrole nitrogens is 1. The number of nitrogens with two attached hydrogens (primary N) is 1. The number of nitrogens with zero attached hydrogens (tertiary/aromatic N) is 2. The van der Waals surface area contributed by atoms with Crippen molar-refractivity contribution in [1.29, 1.82) is 0 Å². The molecule has 1 atom stereocenters. The number of hydrogen-bond acceptors (Lipinski definition) is 3. The van der Waals surface area contributed by atoms with Crippen molar-refractivity contribution in [2.75, 3.05) is 18.8 Å². The Morgan fingerprint density at radius 3 is 2.87 bits per heavy atom. The highest BCUT2D eigenvalue weighted by molar-refractivity contribution is 6.00. The van der Waals surface area contributed by atoms with E-state index in [2.05, 4.69) is 34.5 Å². The first-order chi connectivity index (χ1) is 11.2. The molecule has 23 heavy (non-hydrogen) atoms. The second kappa shape index (κ2) is 5.43. The Labute approximate surface area is 134 Å². The lowest BCUT2D eigenvalue weighted by atomic mass is 9.99. The van der Waals surface area contributed by atoms with Gasteiger partial charge >= 0.3 is 0 Å². The van der Waals surface area contributed by atoms with Crippen LogP contribution in [0.1, 0.15) is 28.3 Å². The Bertz CT molecular complexity index is 856. The number of aromatic nitrogens is 2. The zero-order chi connectivity index (χ0) is 15.8. The van der Waals surface area contributed by atoms with Crippen LogP contribution in [0.2, 0.25) is 0 Å². The van der Waals surface area contributed by atoms with Crippen molar-refractivity contribution >= 4 is 22.6 Å². The summed E-state index contributed by atoms with van der Waals surface area (Å²) in [6.45, 7) is 1.55. The lowest BCUT2D eigenvalue weighted by molar-refractivity contribution is 0.0791. The quantitative estimate of drug-likeness (QED) is 0.764. The summed E-state index contributed by atoms with van der Waals surface area (Å²) in [5.74, 6) is 0.909. The lowest BCUT2D eigenvalue weighted by Crippen LogP contribution is -2.28. The molecule has 0 unspecified atom stereocenters. The largest absolute Gasteiger partial charge is 0.382 e. The van der Waals surface area contributed by atoms with Gasteiger partial charge < -0.3 is 10.6 Å². The molecule has 1 saturated heterocycles. The minimum absolute atomic E-state index is 0.0610. The maximum atomic E-state index is 12.8. The minimum atomic E-state index is 0.0610. The van der Waals surface area contributed by atoms with Gasteiger partial charge in [-0.25, -0.2) is 0 Å². The molecule has 4 rings (SSSR count). The van der Waals surface area contributed by atoms with Crippen LogP contribution in [0.5, 0.6) is 0 Å². The number of benzene rings is 2. The highest BCUT2D eigenvalue weighted by atomic mass is 16.2. The summed E-state index contributed by atoms with van der Waals surface area (Å²) in [5, 5.41) is 7.63. The van der Waals surface area contributed by atoms with Crippen LogP contribution in [0.3, 0.4) is 0 Å². The zero-order valence-corrected chi connectivity index (χ0v) is 12.7. The topological polar surface area (TPSA) is 75.0 Å². The Morgan fingerprint density at radius 2 is 2.04 bits per heavy atom. The molecule has 3 N–H and O–H groups in total. The molecular weight excluding hydrogens is 288 g/mol. The summed E-state index contributed by atoms with van der Waals surface area (Å²) < 4.78 is 0. The minimum Gasteiger partial charge on any atom is -0.382 e. The van der Waals surface area contributed by atoms with Crippen molar-refractivity contribution in [2.24, 2.45) is 0 Å². The number of carbonyl (C=O) groups excluding carboxylic acids is 1. The number of aromatic amines is 1. The van der Waals surface area contributed by atoms with E-state index >= 15 is 0 Å². The molecule has 5 nitrogen and oxygen atoms in total. The number of rotatable bonds is 2. The van der Waals surface area contributed by atoms with E-state index < -0.39 is 0 Å². The van der Waals surface area contributed by atoms with E-state index in [4.69, 9.17) is 5.73 Å². The number of carbonyl (C=O) groups is 1. The number of hydrogen-bond donors (Lipinski definition) is 2. The summed E-state index contributed by atoms with van der Waals surface area (Å²) >= 11 is 0. The highest BCUT2D eigenvalue weighted by Gasteiger charge is 2.28. The molecule has 116 valence electrons. The second-order valence-corrected chi connectivity index (χ2v) is 6.02. The number of nitrogens with one attached hydrogen (secondary N) is 1. The average Bonchev–Trinajstić information content (AvgIpc) is 3.22. The van der Waals surface area contributed by atoms with Gasteiger partial charge in [-0.3, -0.25) is 9.89 Å². The Balaban J connectivity index is 1.56. The van der Waals surface area contributed by atoms with E-state index in [9.17, 15) is 4.79 Å². The molecule has 1 fully saturated rings. The van der Waals surface area contributed by atoms with Crippen LogP contribution in [0.4, 0.5) is 5.82 Å². The summed E-state index contributed by atoms with van der Waals surface area (Å²) in [5.41, 5.74) is 8.65. The molecule has 0 spiro atoms. The van der Waals surface area contributed by atoms with Crippen LogP contribution >= 0.6 is 0 Å². The van der Waals surface area contributed by atoms with Crippen molar-refractivity contribution in [1.82, 2.24) is 15.1 Å². The first-order valence-corrected chi connectivity index (χ1v) is 7.80. The predicted molar refractivity (Wildman–Crippen MR) is 90.2 cm³/mol. The van der Waals surface area contributed by atoms with Gasteiger partial charge in [0, 0.05) is 30.0 Å². The fourth-order valence-corrected chi connectivity index (χ4v) is 3.29. The monoisotopic (exact) mass is 306 g/mol. The third-order valence-electron chi connectivity index (χ3n) is 4.59. The molecule has 2 heterocycles. The normalized spacial score (nSPS) is 17.7. The molecule has 0 radical (unpaired) electrons. The smallest absolute Gasteiger partial charge is 0.253 e. The number of fused-ring (bicyclic) bond motifs is 1. The molecule has 2 aromatic carbocycles. The number of anilines is 1. The third-order valence-corrected chi connectivity index (χ3v) is 4.59. The molecule has 5 heteroatoms. The van der Waals surface area contributed by atoms with Crippen molar-refractivity contribution in [3.8, 4) is 0 Å². The third kappa shape index (κ3) is 2.44. The van der Waals surface area contributed by atoms with Gasteiger partial charge in [0.15, 0.2) is 5.82 Å². The maximum Gasteiger partial charge on any atom is 0.253 e. The fourth-order valence-electron chi connectivity index (χ4n) is 3.29. The van der Waals surface area contributed by atoms with Crippen molar-refractivity contribution < 1.29 is 4.79 Å². The highest BCUT2D eigenvalue weighted by Crippen LogP contribution is 2.28. The molecule has 1 aliphatic rings. The van der Waals surface area contributed by atoms with E-state index in [0.29, 0.717) is 17.3 Å². The van der Waals surface area contributed by atoms with Gasteiger partial charge in [-0.1, -0.05) is 30.3 Å². The van der Waals surface area contributed by atoms with Crippen LogP contribution in [-0.4, -0.2) is 34.1 Å². The van der Waals surface area contributed by atoms with E-state index in [1.54, 1.807) is 0 Å². The van der Waals surface area contributed by atoms with Crippen LogP contribution in [0.25, 0.3) is 10.9 Å². The Kier molecular flexibility index (Phi) is 3.26. The van der Waals surface area contributed by atoms with Gasteiger partial charge in [0.1, 0.15) is 0 Å². The maximum absolute atomic E-state index is 12.8. The standard InChI is InChI=1S/C18H18N4O/c19-17-15-10-13(6-7-16(15)20-21-17)18(23)22-9-8-14(11-22)12-4-2-1-3-5-12/h1-7,10,14H,8-9,11H2,(H3,19,20,21)/t14-/m1/s1. The van der Waals surface area contributed by atoms with Gasteiger partial charge in [-0.2, -0.15) is 5.10 Å². The molecule has 1 aliphatic heterocycles. The van der Waals surface area contributed by atoms with E-state index in [1.165, 1.54) is 5.56 Å². The fraction of sp³-hybridized carbons (Fsp3) is 0.222. The molecule has 1 aromatic heterocycles. The second-order valence-electron chi connectivity index (χ2n) is 6.02. The van der Waals surface area contributed by atoms with E-state index in [1.807, 2.05) is 29.2 Å². The SMILES string of the molecule is Nc1n[nH]c2ccc(C(=O)N3CC[C@@H](c4ccccc4)C3)cc12. The summed E-state index contributed by atoms with van der Waals surface area (Å²) in [7, 11) is 0. The zero-order valence-electron chi connectivity index (χ0n) is 12.7. The van der Waals surface area contributed by atoms with Gasteiger partial charge in [-0.15, -0.1) is 0 Å². The molecular formula is C18H18N4O. The Morgan fingerprint density at radius 1 is 1.22 bits per heavy atom. The Hall–Kier alpha value is -2.82. The predicted octanol–water partition coefficient (Wildman–Crippen LogP) is 2.77. The molecule has 3 aromatic rings. The first-order valence-electron chi connectivity index (χ1n) is 7.80. The molecule has 1 amide bonds. The first kappa shape index (κ1) is 13.8. The van der Waals surface area contributed by atoms with Crippen molar-refractivity contribution in [3.05, 3.63) is 59.7 Å². The van der Waals surface area contributed by atoms with E-state index in [-0.39, 0.29) is 5.91 Å². The van der Waals surface area contributed by atoms with Gasteiger partial charge in [-0.05, 0) is 30.2 Å². The number of amides is 1. The van der Waals surface area contributed by atoms with Crippen molar-refractivity contribution in [2.45, 2.75) is 12.3 Å². The molecule has 0 aliphatic carbocycles. The summed E-state index contributed by atoms with van der Waals surface area (Å²) in [4.78, 5) is 14.7. The summed E-state index contributed by atoms with van der Waals surface area (Å²) in [6.07, 6.45) is 1.01. The van der Waals surface area contributed by atoms with Crippen LogP contribution in [-0.2, 0) is 0 Å². The summed E-state index contributed by atoms with van der Waals surface area (Å²) in [6, 6.07) is 15.9. The number of likely N-dealkylation sites (tertiary alicyclic amines) is 1. The van der Waals surface area contributed by atoms with Crippen LogP contribution in [0.15, 0.2) is 48.5 Å². The molecule has 0 bridgehead atoms. The lowest BCUT2D eigenvalue weighted by Gasteiger charge is -2.17. The van der Waals surface area contributed by atoms with Gasteiger partial charge in [0.25, 0.3) is 5.91 Å². The molecule has 0 saturated carbocycles. The van der Waals surface area contributed by atoms with Crippen molar-refractivity contribution in [3.63, 3.8) is 0 Å². The number of nitrogen functional groups attached to an aromatic ring is 1. The van der Waals surface area contributed by atoms with Gasteiger partial charge in [0.2, 0.25) is 0 Å². The van der Waals surface area contributed by atoms with E-state index in [0.717, 1.165) is 30.4 Å².